The standard InChI is InChI=1S/C19H23N3O/c1-12-8-17(19-21-18(11-23)15(4)22(19)10-12)20-9-16-13(2)6-5-7-14(16)3/h5-8,10,20,23H,9,11H2,1-4H3. The largest absolute Gasteiger partial charge is 0.390 e. The highest BCUT2D eigenvalue weighted by molar-refractivity contribution is 5.70. The van der Waals surface area contributed by atoms with Crippen LogP contribution in [0.2, 0.25) is 0 Å². The van der Waals surface area contributed by atoms with Gasteiger partial charge in [0.15, 0.2) is 5.65 Å². The summed E-state index contributed by atoms with van der Waals surface area (Å²) >= 11 is 0. The monoisotopic (exact) mass is 309 g/mol. The summed E-state index contributed by atoms with van der Waals surface area (Å²) in [5.41, 5.74) is 8.63. The average molecular weight is 309 g/mol. The van der Waals surface area contributed by atoms with Crippen molar-refractivity contribution in [1.29, 1.82) is 0 Å². The molecule has 2 aromatic heterocycles. The molecule has 0 aliphatic heterocycles. The van der Waals surface area contributed by atoms with E-state index >= 15 is 0 Å². The number of imidazole rings is 1. The number of hydrogen-bond donors (Lipinski definition) is 2. The van der Waals surface area contributed by atoms with Gasteiger partial charge in [-0.1, -0.05) is 18.2 Å². The molecular weight excluding hydrogens is 286 g/mol. The Morgan fingerprint density at radius 3 is 2.48 bits per heavy atom. The first-order valence-electron chi connectivity index (χ1n) is 7.89. The van der Waals surface area contributed by atoms with Crippen molar-refractivity contribution in [2.45, 2.75) is 40.8 Å². The van der Waals surface area contributed by atoms with Crippen LogP contribution in [-0.4, -0.2) is 14.5 Å². The predicted molar refractivity (Wildman–Crippen MR) is 93.8 cm³/mol. The maximum atomic E-state index is 9.46. The third-order valence-electron chi connectivity index (χ3n) is 4.44. The lowest BCUT2D eigenvalue weighted by Gasteiger charge is -2.13. The van der Waals surface area contributed by atoms with E-state index in [4.69, 9.17) is 0 Å². The Hall–Kier alpha value is -2.33. The van der Waals surface area contributed by atoms with E-state index in [9.17, 15) is 5.11 Å². The molecule has 0 unspecified atom stereocenters. The fraction of sp³-hybridized carbons (Fsp3) is 0.316. The Balaban J connectivity index is 2.00. The molecule has 0 aliphatic rings. The zero-order valence-electron chi connectivity index (χ0n) is 14.1. The van der Waals surface area contributed by atoms with Gasteiger partial charge in [-0.2, -0.15) is 0 Å². The minimum absolute atomic E-state index is 0.0388. The number of benzene rings is 1. The van der Waals surface area contributed by atoms with Gasteiger partial charge in [-0.05, 0) is 56.0 Å². The second-order valence-electron chi connectivity index (χ2n) is 6.15. The van der Waals surface area contributed by atoms with Gasteiger partial charge in [-0.3, -0.25) is 0 Å². The zero-order valence-corrected chi connectivity index (χ0v) is 14.1. The summed E-state index contributed by atoms with van der Waals surface area (Å²) in [5.74, 6) is 0. The van der Waals surface area contributed by atoms with E-state index < -0.39 is 0 Å². The fourth-order valence-electron chi connectivity index (χ4n) is 3.03. The van der Waals surface area contributed by atoms with E-state index in [1.54, 1.807) is 0 Å². The van der Waals surface area contributed by atoms with Crippen LogP contribution in [0.15, 0.2) is 30.5 Å². The summed E-state index contributed by atoms with van der Waals surface area (Å²) < 4.78 is 2.05. The molecule has 2 heterocycles. The third kappa shape index (κ3) is 2.82. The van der Waals surface area contributed by atoms with E-state index in [1.165, 1.54) is 16.7 Å². The molecule has 0 bridgehead atoms. The van der Waals surface area contributed by atoms with E-state index in [-0.39, 0.29) is 6.61 Å². The third-order valence-corrected chi connectivity index (χ3v) is 4.44. The van der Waals surface area contributed by atoms with Crippen molar-refractivity contribution in [2.24, 2.45) is 0 Å². The van der Waals surface area contributed by atoms with E-state index in [0.29, 0.717) is 0 Å². The number of aryl methyl sites for hydroxylation is 4. The van der Waals surface area contributed by atoms with Crippen molar-refractivity contribution >= 4 is 11.3 Å². The van der Waals surface area contributed by atoms with Gasteiger partial charge >= 0.3 is 0 Å². The second-order valence-corrected chi connectivity index (χ2v) is 6.15. The molecule has 0 saturated heterocycles. The fourth-order valence-corrected chi connectivity index (χ4v) is 3.03. The number of hydrogen-bond acceptors (Lipinski definition) is 3. The molecule has 1 aromatic carbocycles. The van der Waals surface area contributed by atoms with E-state index in [0.717, 1.165) is 34.8 Å². The van der Waals surface area contributed by atoms with Crippen molar-refractivity contribution in [3.63, 3.8) is 0 Å². The Morgan fingerprint density at radius 1 is 1.13 bits per heavy atom. The summed E-state index contributed by atoms with van der Waals surface area (Å²) in [5, 5.41) is 13.0. The molecule has 3 aromatic rings. The van der Waals surface area contributed by atoms with E-state index in [1.807, 2.05) is 11.3 Å². The first kappa shape index (κ1) is 15.6. The quantitative estimate of drug-likeness (QED) is 0.773. The first-order valence-corrected chi connectivity index (χ1v) is 7.89. The molecule has 4 heteroatoms. The molecule has 0 spiro atoms. The van der Waals surface area contributed by atoms with Gasteiger partial charge in [0.2, 0.25) is 0 Å². The molecule has 0 saturated carbocycles. The smallest absolute Gasteiger partial charge is 0.160 e. The van der Waals surface area contributed by atoms with Gasteiger partial charge in [0.1, 0.15) is 0 Å². The lowest BCUT2D eigenvalue weighted by atomic mass is 10.0. The highest BCUT2D eigenvalue weighted by atomic mass is 16.3. The predicted octanol–water partition coefficient (Wildman–Crippen LogP) is 3.67. The van der Waals surface area contributed by atoms with Crippen molar-refractivity contribution < 1.29 is 5.11 Å². The van der Waals surface area contributed by atoms with Gasteiger partial charge in [0, 0.05) is 18.4 Å². The molecule has 23 heavy (non-hydrogen) atoms. The van der Waals surface area contributed by atoms with Gasteiger partial charge in [0.25, 0.3) is 0 Å². The number of aliphatic hydroxyl groups excluding tert-OH is 1. The second kappa shape index (κ2) is 6.05. The van der Waals surface area contributed by atoms with Gasteiger partial charge in [-0.25, -0.2) is 4.98 Å². The topological polar surface area (TPSA) is 49.6 Å². The molecule has 0 fully saturated rings. The molecule has 0 aliphatic carbocycles. The number of nitrogens with one attached hydrogen (secondary N) is 1. The SMILES string of the molecule is Cc1cc(NCc2c(C)cccc2C)c2nc(CO)c(C)n2c1. The van der Waals surface area contributed by atoms with Crippen LogP contribution in [0, 0.1) is 27.7 Å². The zero-order chi connectivity index (χ0) is 16.6. The average Bonchev–Trinajstić information content (AvgIpc) is 2.83. The van der Waals surface area contributed by atoms with Crippen molar-refractivity contribution in [2.75, 3.05) is 5.32 Å². The normalized spacial score (nSPS) is 11.2. The number of aliphatic hydroxyl groups is 1. The van der Waals surface area contributed by atoms with Crippen LogP contribution in [0.4, 0.5) is 5.69 Å². The van der Waals surface area contributed by atoms with Crippen LogP contribution in [0.3, 0.4) is 0 Å². The maximum Gasteiger partial charge on any atom is 0.160 e. The molecule has 0 radical (unpaired) electrons. The molecule has 0 amide bonds. The van der Waals surface area contributed by atoms with Crippen LogP contribution in [0.5, 0.6) is 0 Å². The van der Waals surface area contributed by atoms with Crippen molar-refractivity contribution in [3.05, 3.63) is 64.1 Å². The highest BCUT2D eigenvalue weighted by Crippen LogP contribution is 2.23. The summed E-state index contributed by atoms with van der Waals surface area (Å²) in [4.78, 5) is 4.58. The maximum absolute atomic E-state index is 9.46. The number of rotatable bonds is 4. The van der Waals surface area contributed by atoms with Crippen LogP contribution in [0.25, 0.3) is 5.65 Å². The summed E-state index contributed by atoms with van der Waals surface area (Å²) in [6, 6.07) is 8.47. The minimum Gasteiger partial charge on any atom is -0.390 e. The van der Waals surface area contributed by atoms with E-state index in [2.05, 4.69) is 61.5 Å². The number of anilines is 1. The Kier molecular flexibility index (Phi) is 4.09. The number of nitrogens with zero attached hydrogens (tertiary/aromatic N) is 2. The molecule has 0 atom stereocenters. The Labute approximate surface area is 136 Å². The summed E-state index contributed by atoms with van der Waals surface area (Å²) in [6.45, 7) is 9.06. The number of fused-ring (bicyclic) bond motifs is 1. The highest BCUT2D eigenvalue weighted by Gasteiger charge is 2.12. The Morgan fingerprint density at radius 2 is 1.83 bits per heavy atom. The van der Waals surface area contributed by atoms with Crippen LogP contribution in [-0.2, 0) is 13.2 Å². The van der Waals surface area contributed by atoms with Crippen LogP contribution < -0.4 is 5.32 Å². The van der Waals surface area contributed by atoms with Crippen LogP contribution >= 0.6 is 0 Å². The summed E-state index contributed by atoms with van der Waals surface area (Å²) in [6.07, 6.45) is 2.06. The van der Waals surface area contributed by atoms with Gasteiger partial charge in [0.05, 0.1) is 18.0 Å². The Bertz CT molecular complexity index is 844. The van der Waals surface area contributed by atoms with Crippen molar-refractivity contribution in [3.8, 4) is 0 Å². The molecule has 2 N–H and O–H groups in total. The first-order chi connectivity index (χ1) is 11.0. The number of pyridine rings is 1. The molecule has 3 rings (SSSR count). The van der Waals surface area contributed by atoms with Gasteiger partial charge < -0.3 is 14.8 Å². The molecular formula is C19H23N3O. The lowest BCUT2D eigenvalue weighted by molar-refractivity contribution is 0.276. The molecule has 4 nitrogen and oxygen atoms in total. The summed E-state index contributed by atoms with van der Waals surface area (Å²) in [7, 11) is 0. The van der Waals surface area contributed by atoms with Crippen molar-refractivity contribution in [1.82, 2.24) is 9.38 Å². The van der Waals surface area contributed by atoms with Gasteiger partial charge in [-0.15, -0.1) is 0 Å². The molecule has 120 valence electrons. The minimum atomic E-state index is -0.0388. The lowest BCUT2D eigenvalue weighted by Crippen LogP contribution is -2.05. The number of aromatic nitrogens is 2. The van der Waals surface area contributed by atoms with Crippen LogP contribution in [0.1, 0.15) is 33.6 Å².